The molecule has 0 saturated carbocycles. The third-order valence-electron chi connectivity index (χ3n) is 4.88. The second kappa shape index (κ2) is 9.05. The molecule has 2 aromatic carbocycles. The second-order valence-corrected chi connectivity index (χ2v) is 6.85. The third-order valence-corrected chi connectivity index (χ3v) is 5.33. The van der Waals surface area contributed by atoms with E-state index in [2.05, 4.69) is 0 Å². The van der Waals surface area contributed by atoms with E-state index in [1.54, 1.807) is 25.3 Å². The Morgan fingerprint density at radius 2 is 1.62 bits per heavy atom. The Bertz CT molecular complexity index is 966. The smallest absolute Gasteiger partial charge is 0.203 e. The van der Waals surface area contributed by atoms with Crippen LogP contribution in [0.2, 0.25) is 0 Å². The Morgan fingerprint density at radius 3 is 2.21 bits per heavy atom. The zero-order valence-electron chi connectivity index (χ0n) is 16.9. The lowest BCUT2D eigenvalue weighted by Crippen LogP contribution is -2.03. The Hall–Kier alpha value is -2.92. The van der Waals surface area contributed by atoms with Gasteiger partial charge in [0.15, 0.2) is 17.3 Å². The molecule has 3 rings (SSSR count). The first-order valence-corrected chi connectivity index (χ1v) is 9.48. The van der Waals surface area contributed by atoms with E-state index in [0.29, 0.717) is 27.8 Å². The van der Waals surface area contributed by atoms with Crippen molar-refractivity contribution in [2.75, 3.05) is 28.4 Å². The van der Waals surface area contributed by atoms with E-state index in [4.69, 9.17) is 30.5 Å². The van der Waals surface area contributed by atoms with Crippen molar-refractivity contribution in [3.63, 3.8) is 0 Å². The van der Waals surface area contributed by atoms with E-state index >= 15 is 0 Å². The van der Waals surface area contributed by atoms with Gasteiger partial charge in [0.25, 0.3) is 0 Å². The Balaban J connectivity index is 1.89. The number of allylic oxidation sites excluding steroid dienone is 3. The van der Waals surface area contributed by atoms with Crippen LogP contribution in [0.25, 0.3) is 5.03 Å². The van der Waals surface area contributed by atoms with Crippen LogP contribution >= 0.6 is 11.6 Å². The van der Waals surface area contributed by atoms with Crippen molar-refractivity contribution < 1.29 is 23.7 Å². The average Bonchev–Trinajstić information content (AvgIpc) is 2.76. The lowest BCUT2D eigenvalue weighted by Gasteiger charge is -2.18. The van der Waals surface area contributed by atoms with Crippen molar-refractivity contribution in [1.82, 2.24) is 0 Å². The van der Waals surface area contributed by atoms with E-state index in [1.807, 2.05) is 18.2 Å². The van der Waals surface area contributed by atoms with Gasteiger partial charge in [0, 0.05) is 5.56 Å². The molecule has 0 unspecified atom stereocenters. The number of fused-ring (bicyclic) bond motifs is 1. The van der Waals surface area contributed by atoms with Gasteiger partial charge in [0.2, 0.25) is 5.75 Å². The molecule has 1 aliphatic rings. The highest BCUT2D eigenvalue weighted by molar-refractivity contribution is 6.49. The molecule has 0 bridgehead atoms. The summed E-state index contributed by atoms with van der Waals surface area (Å²) in [5, 5.41) is 0.655. The van der Waals surface area contributed by atoms with E-state index in [0.717, 1.165) is 35.3 Å². The maximum absolute atomic E-state index is 12.7. The van der Waals surface area contributed by atoms with Gasteiger partial charge in [-0.3, -0.25) is 4.79 Å². The maximum Gasteiger partial charge on any atom is 0.203 e. The minimum absolute atomic E-state index is 0.179. The number of hydrogen-bond donors (Lipinski definition) is 0. The molecule has 0 radical (unpaired) electrons. The summed E-state index contributed by atoms with van der Waals surface area (Å²) in [6.45, 7) is 0. The maximum atomic E-state index is 12.7. The number of ether oxygens (including phenoxy) is 4. The fourth-order valence-corrected chi connectivity index (χ4v) is 3.66. The summed E-state index contributed by atoms with van der Waals surface area (Å²) in [6.07, 6.45) is 4.88. The van der Waals surface area contributed by atoms with Gasteiger partial charge >= 0.3 is 0 Å². The molecular formula is C23H23ClO5. The molecule has 0 saturated heterocycles. The molecule has 0 atom stereocenters. The van der Waals surface area contributed by atoms with Gasteiger partial charge in [-0.25, -0.2) is 0 Å². The van der Waals surface area contributed by atoms with Crippen LogP contribution in [0.1, 0.15) is 27.9 Å². The Labute approximate surface area is 175 Å². The van der Waals surface area contributed by atoms with Crippen LogP contribution in [-0.4, -0.2) is 34.2 Å². The van der Waals surface area contributed by atoms with Crippen LogP contribution in [0.4, 0.5) is 0 Å². The van der Waals surface area contributed by atoms with Crippen LogP contribution in [0.5, 0.6) is 23.0 Å². The summed E-state index contributed by atoms with van der Waals surface area (Å²) in [5.74, 6) is 1.94. The second-order valence-electron chi connectivity index (χ2n) is 6.47. The minimum atomic E-state index is -0.179. The number of methoxy groups -OCH3 is 4. The van der Waals surface area contributed by atoms with Gasteiger partial charge in [-0.05, 0) is 65.9 Å². The summed E-state index contributed by atoms with van der Waals surface area (Å²) in [5.41, 5.74) is 3.47. The van der Waals surface area contributed by atoms with Gasteiger partial charge in [-0.1, -0.05) is 17.7 Å². The molecule has 5 nitrogen and oxygen atoms in total. The summed E-state index contributed by atoms with van der Waals surface area (Å²) in [7, 11) is 6.19. The fraction of sp³-hybridized carbons (Fsp3) is 0.261. The molecule has 2 aromatic rings. The van der Waals surface area contributed by atoms with Crippen LogP contribution in [0, 0.1) is 0 Å². The summed E-state index contributed by atoms with van der Waals surface area (Å²) in [4.78, 5) is 12.7. The number of benzene rings is 2. The topological polar surface area (TPSA) is 54.0 Å². The lowest BCUT2D eigenvalue weighted by atomic mass is 9.91. The van der Waals surface area contributed by atoms with Gasteiger partial charge in [-0.2, -0.15) is 0 Å². The highest BCUT2D eigenvalue weighted by atomic mass is 35.5. The van der Waals surface area contributed by atoms with Crippen molar-refractivity contribution in [1.29, 1.82) is 0 Å². The molecule has 0 fully saturated rings. The molecule has 1 aliphatic carbocycles. The molecular weight excluding hydrogens is 392 g/mol. The van der Waals surface area contributed by atoms with Gasteiger partial charge in [-0.15, -0.1) is 0 Å². The van der Waals surface area contributed by atoms with Crippen LogP contribution in [-0.2, 0) is 6.42 Å². The van der Waals surface area contributed by atoms with E-state index < -0.39 is 0 Å². The van der Waals surface area contributed by atoms with Gasteiger partial charge in [0.05, 0.1) is 33.5 Å². The van der Waals surface area contributed by atoms with Crippen molar-refractivity contribution in [2.24, 2.45) is 0 Å². The van der Waals surface area contributed by atoms with Crippen LogP contribution < -0.4 is 18.9 Å². The number of ketones is 1. The number of halogens is 1. The first-order valence-electron chi connectivity index (χ1n) is 9.10. The quantitative estimate of drug-likeness (QED) is 0.468. The van der Waals surface area contributed by atoms with Crippen LogP contribution in [0.3, 0.4) is 0 Å². The van der Waals surface area contributed by atoms with Crippen molar-refractivity contribution in [2.45, 2.75) is 12.8 Å². The third kappa shape index (κ3) is 4.25. The Kier molecular flexibility index (Phi) is 6.49. The van der Waals surface area contributed by atoms with Gasteiger partial charge < -0.3 is 18.9 Å². The number of hydrogen-bond acceptors (Lipinski definition) is 5. The number of carbonyl (C=O) groups excluding carboxylic acids is 1. The normalized spacial score (nSPS) is 13.3. The molecule has 0 heterocycles. The standard InChI is InChI=1S/C23H23ClO5/c1-26-17-8-9-18-15(11-17)6-5-14(22(18)24)7-10-19(25)16-12-20(27-2)23(29-4)21(13-16)28-3/h7-13H,5-6H2,1-4H3/b10-7+. The summed E-state index contributed by atoms with van der Waals surface area (Å²) in [6, 6.07) is 9.09. The van der Waals surface area contributed by atoms with Crippen molar-refractivity contribution in [3.05, 3.63) is 64.7 Å². The van der Waals surface area contributed by atoms with E-state index in [1.165, 1.54) is 27.4 Å². The monoisotopic (exact) mass is 414 g/mol. The minimum Gasteiger partial charge on any atom is -0.497 e. The highest BCUT2D eigenvalue weighted by Crippen LogP contribution is 2.39. The van der Waals surface area contributed by atoms with Crippen LogP contribution in [0.15, 0.2) is 48.1 Å². The largest absolute Gasteiger partial charge is 0.497 e. The van der Waals surface area contributed by atoms with E-state index in [9.17, 15) is 4.79 Å². The van der Waals surface area contributed by atoms with Gasteiger partial charge in [0.1, 0.15) is 5.75 Å². The zero-order valence-corrected chi connectivity index (χ0v) is 17.6. The molecule has 0 spiro atoms. The average molecular weight is 415 g/mol. The predicted molar refractivity (Wildman–Crippen MR) is 114 cm³/mol. The molecule has 29 heavy (non-hydrogen) atoms. The molecule has 0 aromatic heterocycles. The molecule has 6 heteroatoms. The van der Waals surface area contributed by atoms with Crippen molar-refractivity contribution >= 4 is 22.4 Å². The molecule has 152 valence electrons. The number of carbonyl (C=O) groups is 1. The highest BCUT2D eigenvalue weighted by Gasteiger charge is 2.18. The predicted octanol–water partition coefficient (Wildman–Crippen LogP) is 5.06. The van der Waals surface area contributed by atoms with E-state index in [-0.39, 0.29) is 5.78 Å². The summed E-state index contributed by atoms with van der Waals surface area (Å²) < 4.78 is 21.2. The first-order chi connectivity index (χ1) is 14.0. The molecule has 0 amide bonds. The number of rotatable bonds is 7. The molecule has 0 N–H and O–H groups in total. The Morgan fingerprint density at radius 1 is 0.931 bits per heavy atom. The lowest BCUT2D eigenvalue weighted by molar-refractivity contribution is 0.104. The fourth-order valence-electron chi connectivity index (χ4n) is 3.32. The molecule has 0 aliphatic heterocycles. The summed E-state index contributed by atoms with van der Waals surface area (Å²) >= 11 is 6.59. The van der Waals surface area contributed by atoms with Crippen molar-refractivity contribution in [3.8, 4) is 23.0 Å². The SMILES string of the molecule is COc1ccc2c(c1)CCC(/C=C/C(=O)c1cc(OC)c(OC)c(OC)c1)=C2Cl. The zero-order chi connectivity index (χ0) is 21.0. The number of aryl methyl sites for hydroxylation is 1. The first kappa shape index (κ1) is 20.8.